The molecule has 0 N–H and O–H groups in total. The molecule has 5 rings (SSSR count). The highest BCUT2D eigenvalue weighted by Crippen LogP contribution is 2.39. The second kappa shape index (κ2) is 9.39. The highest BCUT2D eigenvalue weighted by Gasteiger charge is 2.48. The molecule has 1 fully saturated rings. The lowest BCUT2D eigenvalue weighted by Crippen LogP contribution is -2.49. The molecular formula is C28H27N3O5. The van der Waals surface area contributed by atoms with Gasteiger partial charge in [-0.2, -0.15) is 0 Å². The normalized spacial score (nSPS) is 17.5. The number of amides is 2. The molecule has 36 heavy (non-hydrogen) atoms. The maximum atomic E-state index is 13.6. The lowest BCUT2D eigenvalue weighted by Gasteiger charge is -2.38. The molecule has 1 atom stereocenters. The van der Waals surface area contributed by atoms with Crippen LogP contribution in [0.3, 0.4) is 0 Å². The summed E-state index contributed by atoms with van der Waals surface area (Å²) < 4.78 is 11.6. The summed E-state index contributed by atoms with van der Waals surface area (Å²) in [5, 5.41) is 1.65. The van der Waals surface area contributed by atoms with Crippen molar-refractivity contribution < 1.29 is 23.9 Å². The van der Waals surface area contributed by atoms with E-state index in [0.29, 0.717) is 17.1 Å². The second-order valence-corrected chi connectivity index (χ2v) is 9.37. The number of nitrogens with zero attached hydrogens (tertiary/aromatic N) is 3. The fourth-order valence-corrected chi connectivity index (χ4v) is 4.09. The molecule has 2 heterocycles. The number of ether oxygens (including phenoxy) is 2. The molecule has 0 radical (unpaired) electrons. The first kappa shape index (κ1) is 23.4. The number of carbonyl (C=O) groups is 2. The van der Waals surface area contributed by atoms with Crippen molar-refractivity contribution in [2.75, 3.05) is 21.4 Å². The van der Waals surface area contributed by atoms with Gasteiger partial charge in [-0.1, -0.05) is 54.6 Å². The third kappa shape index (κ3) is 4.63. The third-order valence-electron chi connectivity index (χ3n) is 5.60. The SMILES string of the molecule is CC(C)(C)OC(=O)N(C1=C2OC(=O)N(c3ccccc3)C2ON(c2ccccc2)C1)c1ccccc1. The summed E-state index contributed by atoms with van der Waals surface area (Å²) >= 11 is 0. The minimum absolute atomic E-state index is 0.139. The van der Waals surface area contributed by atoms with E-state index in [1.165, 1.54) is 9.80 Å². The zero-order valence-corrected chi connectivity index (χ0v) is 20.3. The maximum absolute atomic E-state index is 13.6. The van der Waals surface area contributed by atoms with E-state index in [1.807, 2.05) is 87.5 Å². The van der Waals surface area contributed by atoms with Gasteiger partial charge < -0.3 is 9.47 Å². The van der Waals surface area contributed by atoms with Gasteiger partial charge in [0.1, 0.15) is 5.60 Å². The van der Waals surface area contributed by atoms with E-state index in [-0.39, 0.29) is 12.3 Å². The molecule has 184 valence electrons. The Morgan fingerprint density at radius 2 is 1.44 bits per heavy atom. The van der Waals surface area contributed by atoms with Gasteiger partial charge in [0.05, 0.1) is 29.3 Å². The molecule has 3 aromatic rings. The van der Waals surface area contributed by atoms with Crippen LogP contribution in [-0.4, -0.2) is 30.6 Å². The Hall–Kier alpha value is -4.30. The van der Waals surface area contributed by atoms with Crippen LogP contribution in [0.15, 0.2) is 102 Å². The quantitative estimate of drug-likeness (QED) is 0.446. The van der Waals surface area contributed by atoms with Gasteiger partial charge in [-0.25, -0.2) is 29.3 Å². The van der Waals surface area contributed by atoms with E-state index >= 15 is 0 Å². The molecule has 0 saturated carbocycles. The van der Waals surface area contributed by atoms with E-state index in [4.69, 9.17) is 14.3 Å². The highest BCUT2D eigenvalue weighted by atomic mass is 16.7. The van der Waals surface area contributed by atoms with Gasteiger partial charge >= 0.3 is 12.2 Å². The number of anilines is 3. The number of hydroxylamine groups is 1. The van der Waals surface area contributed by atoms with Crippen molar-refractivity contribution in [2.24, 2.45) is 0 Å². The zero-order chi connectivity index (χ0) is 25.3. The lowest BCUT2D eigenvalue weighted by molar-refractivity contribution is 0.0394. The molecule has 3 aromatic carbocycles. The molecule has 0 bridgehead atoms. The molecule has 2 aliphatic heterocycles. The molecule has 1 saturated heterocycles. The number of benzene rings is 3. The van der Waals surface area contributed by atoms with Crippen LogP contribution < -0.4 is 14.9 Å². The molecular weight excluding hydrogens is 458 g/mol. The van der Waals surface area contributed by atoms with Crippen molar-refractivity contribution >= 4 is 29.2 Å². The number of fused-ring (bicyclic) bond motifs is 1. The van der Waals surface area contributed by atoms with E-state index in [2.05, 4.69) is 0 Å². The van der Waals surface area contributed by atoms with Crippen LogP contribution in [0.25, 0.3) is 0 Å². The first-order valence-electron chi connectivity index (χ1n) is 11.7. The van der Waals surface area contributed by atoms with Gasteiger partial charge in [-0.05, 0) is 57.2 Å². The molecule has 0 aliphatic carbocycles. The van der Waals surface area contributed by atoms with Crippen LogP contribution in [0, 0.1) is 0 Å². The number of para-hydroxylation sites is 3. The number of rotatable bonds is 4. The average Bonchev–Trinajstić information content (AvgIpc) is 3.20. The minimum atomic E-state index is -0.919. The highest BCUT2D eigenvalue weighted by molar-refractivity contribution is 5.95. The van der Waals surface area contributed by atoms with E-state index < -0.39 is 24.0 Å². The molecule has 0 aromatic heterocycles. The summed E-state index contributed by atoms with van der Waals surface area (Å²) in [4.78, 5) is 35.9. The number of carbonyl (C=O) groups excluding carboxylic acids is 2. The van der Waals surface area contributed by atoms with Crippen LogP contribution in [0.1, 0.15) is 20.8 Å². The average molecular weight is 486 g/mol. The Labute approximate surface area is 209 Å². The Balaban J connectivity index is 1.66. The molecule has 2 amide bonds. The fourth-order valence-electron chi connectivity index (χ4n) is 4.09. The maximum Gasteiger partial charge on any atom is 0.422 e. The van der Waals surface area contributed by atoms with Crippen molar-refractivity contribution in [1.29, 1.82) is 0 Å². The predicted octanol–water partition coefficient (Wildman–Crippen LogP) is 6.07. The molecule has 1 unspecified atom stereocenters. The molecule has 2 aliphatic rings. The summed E-state index contributed by atoms with van der Waals surface area (Å²) in [5.74, 6) is 0.241. The van der Waals surface area contributed by atoms with Gasteiger partial charge in [-0.15, -0.1) is 0 Å². The van der Waals surface area contributed by atoms with Gasteiger partial charge in [0.2, 0.25) is 6.23 Å². The second-order valence-electron chi connectivity index (χ2n) is 9.37. The number of hydrogen-bond donors (Lipinski definition) is 0. The van der Waals surface area contributed by atoms with Gasteiger partial charge in [-0.3, -0.25) is 0 Å². The van der Waals surface area contributed by atoms with Crippen LogP contribution in [-0.2, 0) is 14.3 Å². The first-order valence-corrected chi connectivity index (χ1v) is 11.7. The van der Waals surface area contributed by atoms with Crippen LogP contribution in [0.4, 0.5) is 26.7 Å². The summed E-state index contributed by atoms with van der Waals surface area (Å²) in [6.07, 6.45) is -2.10. The largest absolute Gasteiger partial charge is 0.443 e. The smallest absolute Gasteiger partial charge is 0.422 e. The van der Waals surface area contributed by atoms with Crippen molar-refractivity contribution in [3.63, 3.8) is 0 Å². The molecule has 8 heteroatoms. The van der Waals surface area contributed by atoms with E-state index in [9.17, 15) is 9.59 Å². The van der Waals surface area contributed by atoms with Crippen molar-refractivity contribution in [3.05, 3.63) is 102 Å². The van der Waals surface area contributed by atoms with Crippen LogP contribution in [0.5, 0.6) is 0 Å². The van der Waals surface area contributed by atoms with Gasteiger partial charge in [0, 0.05) is 0 Å². The summed E-state index contributed by atoms with van der Waals surface area (Å²) in [6.45, 7) is 5.56. The van der Waals surface area contributed by atoms with Gasteiger partial charge in [0.15, 0.2) is 5.76 Å². The minimum Gasteiger partial charge on any atom is -0.443 e. The standard InChI is InChI=1S/C28H27N3O5/c1-28(2,3)35-27(33)30(21-15-9-5-10-16-21)23-19-29(20-13-7-4-8-14-20)36-25-24(23)34-26(32)31(25)22-17-11-6-12-18-22/h4-18,25H,19H2,1-3H3. The predicted molar refractivity (Wildman–Crippen MR) is 136 cm³/mol. The first-order chi connectivity index (χ1) is 17.3. The summed E-state index contributed by atoms with van der Waals surface area (Å²) in [6, 6.07) is 27.8. The monoisotopic (exact) mass is 485 g/mol. The third-order valence-corrected chi connectivity index (χ3v) is 5.60. The van der Waals surface area contributed by atoms with E-state index in [1.54, 1.807) is 29.3 Å². The Bertz CT molecular complexity index is 1270. The molecule has 8 nitrogen and oxygen atoms in total. The Kier molecular flexibility index (Phi) is 6.12. The number of hydrogen-bond acceptors (Lipinski definition) is 6. The Morgan fingerprint density at radius 3 is 2.03 bits per heavy atom. The fraction of sp³-hybridized carbons (Fsp3) is 0.214. The van der Waals surface area contributed by atoms with Gasteiger partial charge in [0.25, 0.3) is 0 Å². The lowest BCUT2D eigenvalue weighted by atomic mass is 10.2. The van der Waals surface area contributed by atoms with E-state index in [0.717, 1.165) is 5.69 Å². The van der Waals surface area contributed by atoms with Crippen molar-refractivity contribution in [3.8, 4) is 0 Å². The van der Waals surface area contributed by atoms with Crippen LogP contribution >= 0.6 is 0 Å². The summed E-state index contributed by atoms with van der Waals surface area (Å²) in [7, 11) is 0. The van der Waals surface area contributed by atoms with Crippen molar-refractivity contribution in [1.82, 2.24) is 0 Å². The summed E-state index contributed by atoms with van der Waals surface area (Å²) in [5.41, 5.74) is 1.67. The topological polar surface area (TPSA) is 71.5 Å². The zero-order valence-electron chi connectivity index (χ0n) is 20.3. The van der Waals surface area contributed by atoms with Crippen LogP contribution in [0.2, 0.25) is 0 Å². The Morgan fingerprint density at radius 1 is 0.889 bits per heavy atom. The molecule has 0 spiro atoms. The van der Waals surface area contributed by atoms with Crippen molar-refractivity contribution in [2.45, 2.75) is 32.6 Å².